The lowest BCUT2D eigenvalue weighted by atomic mass is 10.0. The van der Waals surface area contributed by atoms with Gasteiger partial charge in [-0.3, -0.25) is 23.4 Å². The molecule has 0 spiro atoms. The summed E-state index contributed by atoms with van der Waals surface area (Å²) >= 11 is 0. The summed E-state index contributed by atoms with van der Waals surface area (Å²) in [6.45, 7) is 4.63. The van der Waals surface area contributed by atoms with E-state index in [0.29, 0.717) is 19.3 Å². The molecule has 412 valence electrons. The molecule has 0 aromatic heterocycles. The van der Waals surface area contributed by atoms with Gasteiger partial charge in [0.25, 0.3) is 0 Å². The van der Waals surface area contributed by atoms with E-state index in [1.54, 1.807) is 0 Å². The summed E-state index contributed by atoms with van der Waals surface area (Å²) in [5.74, 6) is -1.46. The lowest BCUT2D eigenvalue weighted by molar-refractivity contribution is -0.161. The van der Waals surface area contributed by atoms with Crippen LogP contribution >= 0.6 is 7.82 Å². The minimum Gasteiger partial charge on any atom is -0.462 e. The molecule has 0 aliphatic rings. The van der Waals surface area contributed by atoms with Gasteiger partial charge in [-0.25, -0.2) is 4.57 Å². The van der Waals surface area contributed by atoms with Crippen molar-refractivity contribution < 1.29 is 52.2 Å². The zero-order valence-electron chi connectivity index (χ0n) is 45.5. The first-order valence-electron chi connectivity index (χ1n) is 29.2. The molecule has 3 unspecified atom stereocenters. The van der Waals surface area contributed by atoms with E-state index in [2.05, 4.69) is 45.1 Å². The van der Waals surface area contributed by atoms with Gasteiger partial charge >= 0.3 is 25.7 Å². The Labute approximate surface area is 429 Å². The number of esters is 3. The number of hydrogen-bond donors (Lipinski definition) is 2. The van der Waals surface area contributed by atoms with E-state index in [-0.39, 0.29) is 25.9 Å². The maximum Gasteiger partial charge on any atom is 0.472 e. The van der Waals surface area contributed by atoms with Gasteiger partial charge in [0.1, 0.15) is 12.7 Å². The predicted molar refractivity (Wildman–Crippen MR) is 289 cm³/mol. The minimum atomic E-state index is -4.74. The highest BCUT2D eigenvalue weighted by Gasteiger charge is 2.28. The van der Waals surface area contributed by atoms with Gasteiger partial charge in [-0.15, -0.1) is 0 Å². The first-order valence-corrected chi connectivity index (χ1v) is 30.7. The van der Waals surface area contributed by atoms with Crippen LogP contribution in [0.4, 0.5) is 0 Å². The number of phosphoric ester groups is 1. The smallest absolute Gasteiger partial charge is 0.462 e. The largest absolute Gasteiger partial charge is 0.472 e. The van der Waals surface area contributed by atoms with Gasteiger partial charge in [0.2, 0.25) is 0 Å². The fourth-order valence-electron chi connectivity index (χ4n) is 8.33. The van der Waals surface area contributed by atoms with E-state index in [9.17, 15) is 28.9 Å². The predicted octanol–water partition coefficient (Wildman–Crippen LogP) is 17.0. The fraction of sp³-hybridized carbons (Fsp3) is 0.879. The lowest BCUT2D eigenvalue weighted by Crippen LogP contribution is -2.30. The van der Waals surface area contributed by atoms with Gasteiger partial charge in [-0.2, -0.15) is 0 Å². The second-order valence-corrected chi connectivity index (χ2v) is 21.3. The van der Waals surface area contributed by atoms with Crippen molar-refractivity contribution in [2.24, 2.45) is 0 Å². The van der Waals surface area contributed by atoms with Crippen molar-refractivity contribution in [2.45, 2.75) is 303 Å². The Morgan fingerprint density at radius 3 is 1.03 bits per heavy atom. The van der Waals surface area contributed by atoms with Gasteiger partial charge in [-0.05, 0) is 64.2 Å². The maximum atomic E-state index is 12.9. The zero-order valence-corrected chi connectivity index (χ0v) is 46.4. The van der Waals surface area contributed by atoms with Crippen molar-refractivity contribution in [2.75, 3.05) is 26.4 Å². The molecule has 11 nitrogen and oxygen atoms in total. The molecule has 0 rings (SSSR count). The molecule has 2 N–H and O–H groups in total. The molecule has 0 aliphatic heterocycles. The molecule has 0 saturated heterocycles. The topological polar surface area (TPSA) is 155 Å². The van der Waals surface area contributed by atoms with E-state index in [1.165, 1.54) is 135 Å². The molecule has 0 saturated carbocycles. The SMILES string of the molecule is CCCC/C=C\CCCCCCCC(=O)OC(CO)COP(=O)(O)OCC(COC(=O)CCCCCCC/C=C\CCCCCCCC)OC(=O)CCCCCCCCCCCCCCCCCCC. The fourth-order valence-corrected chi connectivity index (χ4v) is 9.12. The number of carbonyl (C=O) groups is 3. The Morgan fingerprint density at radius 1 is 0.386 bits per heavy atom. The van der Waals surface area contributed by atoms with Gasteiger partial charge in [0.15, 0.2) is 6.10 Å². The number of hydrogen-bond acceptors (Lipinski definition) is 10. The molecule has 0 aliphatic carbocycles. The summed E-state index contributed by atoms with van der Waals surface area (Å²) in [7, 11) is -4.74. The standard InChI is InChI=1S/C58H109O11P/c1-4-7-10-13-16-19-22-24-26-27-29-31-34-37-40-43-46-49-58(62)69-55(51-65-56(60)47-44-41-38-35-33-30-28-25-23-20-17-14-11-8-5-2)53-67-70(63,64)66-52-54(50-59)68-57(61)48-45-42-39-36-32-21-18-15-12-9-6-3/h15,18,25,28,54-55,59H,4-14,16-17,19-24,26-27,29-53H2,1-3H3,(H,63,64)/b18-15-,28-25-. The van der Waals surface area contributed by atoms with Crippen LogP contribution in [0.25, 0.3) is 0 Å². The van der Waals surface area contributed by atoms with Crippen molar-refractivity contribution in [3.63, 3.8) is 0 Å². The number of aliphatic hydroxyl groups excluding tert-OH is 1. The summed E-state index contributed by atoms with van der Waals surface area (Å²) in [4.78, 5) is 48.5. The van der Waals surface area contributed by atoms with Crippen molar-refractivity contribution in [3.05, 3.63) is 24.3 Å². The summed E-state index contributed by atoms with van der Waals surface area (Å²) in [6, 6.07) is 0. The maximum absolute atomic E-state index is 12.9. The molecule has 0 aromatic carbocycles. The number of carbonyl (C=O) groups excluding carboxylic acids is 3. The van der Waals surface area contributed by atoms with Gasteiger partial charge in [0, 0.05) is 19.3 Å². The third kappa shape index (κ3) is 50.9. The average Bonchev–Trinajstić information content (AvgIpc) is 3.35. The number of unbranched alkanes of at least 4 members (excludes halogenated alkanes) is 34. The molecule has 0 fully saturated rings. The van der Waals surface area contributed by atoms with Crippen LogP contribution in [-0.2, 0) is 42.2 Å². The van der Waals surface area contributed by atoms with Gasteiger partial charge < -0.3 is 24.2 Å². The molecule has 0 bridgehead atoms. The monoisotopic (exact) mass is 1010 g/mol. The number of phosphoric acid groups is 1. The average molecular weight is 1010 g/mol. The molecule has 0 amide bonds. The Hall–Kier alpha value is -2.04. The highest BCUT2D eigenvalue weighted by atomic mass is 31.2. The first-order chi connectivity index (χ1) is 34.2. The van der Waals surface area contributed by atoms with E-state index < -0.39 is 57.8 Å². The van der Waals surface area contributed by atoms with E-state index in [4.69, 9.17) is 23.3 Å². The zero-order chi connectivity index (χ0) is 51.3. The van der Waals surface area contributed by atoms with E-state index in [0.717, 1.165) is 96.3 Å². The second-order valence-electron chi connectivity index (χ2n) is 19.8. The number of allylic oxidation sites excluding steroid dienone is 4. The summed E-state index contributed by atoms with van der Waals surface area (Å²) < 4.78 is 39.5. The number of ether oxygens (including phenoxy) is 3. The van der Waals surface area contributed by atoms with Crippen molar-refractivity contribution in [3.8, 4) is 0 Å². The normalized spacial score (nSPS) is 13.5. The van der Waals surface area contributed by atoms with Gasteiger partial charge in [-0.1, -0.05) is 231 Å². The Kier molecular flexibility index (Phi) is 51.7. The van der Waals surface area contributed by atoms with Crippen molar-refractivity contribution in [1.82, 2.24) is 0 Å². The molecular weight excluding hydrogens is 904 g/mol. The summed E-state index contributed by atoms with van der Waals surface area (Å²) in [6.07, 6.45) is 52.8. The van der Waals surface area contributed by atoms with Crippen LogP contribution in [0.5, 0.6) is 0 Å². The Morgan fingerprint density at radius 2 is 0.671 bits per heavy atom. The Balaban J connectivity index is 4.70. The lowest BCUT2D eigenvalue weighted by Gasteiger charge is -2.21. The van der Waals surface area contributed by atoms with Crippen molar-refractivity contribution >= 4 is 25.7 Å². The van der Waals surface area contributed by atoms with Gasteiger partial charge in [0.05, 0.1) is 19.8 Å². The number of rotatable bonds is 55. The highest BCUT2D eigenvalue weighted by Crippen LogP contribution is 2.43. The van der Waals surface area contributed by atoms with Crippen LogP contribution in [0.1, 0.15) is 290 Å². The third-order valence-corrected chi connectivity index (χ3v) is 13.8. The van der Waals surface area contributed by atoms with E-state index >= 15 is 0 Å². The summed E-state index contributed by atoms with van der Waals surface area (Å²) in [5.41, 5.74) is 0. The second kappa shape index (κ2) is 53.3. The van der Waals surface area contributed by atoms with E-state index in [1.807, 2.05) is 0 Å². The number of aliphatic hydroxyl groups is 1. The molecule has 0 aromatic rings. The molecule has 3 atom stereocenters. The minimum absolute atomic E-state index is 0.170. The highest BCUT2D eigenvalue weighted by molar-refractivity contribution is 7.47. The Bertz CT molecular complexity index is 1270. The molecule has 70 heavy (non-hydrogen) atoms. The first kappa shape index (κ1) is 68.0. The quantitative estimate of drug-likeness (QED) is 0.0197. The molecular formula is C58H109O11P. The molecule has 12 heteroatoms. The van der Waals surface area contributed by atoms with Crippen LogP contribution in [-0.4, -0.2) is 66.5 Å². The van der Waals surface area contributed by atoms with Crippen LogP contribution in [0.15, 0.2) is 24.3 Å². The van der Waals surface area contributed by atoms with Crippen LogP contribution in [0.2, 0.25) is 0 Å². The molecule has 0 radical (unpaired) electrons. The van der Waals surface area contributed by atoms with Crippen LogP contribution in [0, 0.1) is 0 Å². The van der Waals surface area contributed by atoms with Crippen molar-refractivity contribution in [1.29, 1.82) is 0 Å². The summed E-state index contributed by atoms with van der Waals surface area (Å²) in [5, 5.41) is 9.79. The van der Waals surface area contributed by atoms with Crippen LogP contribution in [0.3, 0.4) is 0 Å². The molecule has 0 heterocycles. The third-order valence-electron chi connectivity index (χ3n) is 12.8. The van der Waals surface area contributed by atoms with Crippen LogP contribution < -0.4 is 0 Å².